The van der Waals surface area contributed by atoms with E-state index in [0.717, 1.165) is 40.8 Å². The van der Waals surface area contributed by atoms with Gasteiger partial charge in [0.05, 0.1) is 5.56 Å². The van der Waals surface area contributed by atoms with Crippen molar-refractivity contribution in [3.8, 4) is 5.69 Å². The third-order valence-electron chi connectivity index (χ3n) is 4.73. The average Bonchev–Trinajstić information content (AvgIpc) is 3.03. The van der Waals surface area contributed by atoms with E-state index in [9.17, 15) is 18.0 Å². The lowest BCUT2D eigenvalue weighted by atomic mass is 9.96. The topological polar surface area (TPSA) is 42.2 Å². The van der Waals surface area contributed by atoms with Crippen molar-refractivity contribution < 1.29 is 23.1 Å². The number of rotatable bonds is 5. The molecule has 1 N–H and O–H groups in total. The van der Waals surface area contributed by atoms with Crippen molar-refractivity contribution in [2.45, 2.75) is 20.0 Å². The van der Waals surface area contributed by atoms with Crippen LogP contribution in [0.3, 0.4) is 0 Å². The molecule has 0 saturated carbocycles. The Morgan fingerprint density at radius 1 is 0.867 bits per heavy atom. The number of halogens is 3. The van der Waals surface area contributed by atoms with Gasteiger partial charge in [0.15, 0.2) is 0 Å². The average molecular weight is 411 g/mol. The van der Waals surface area contributed by atoms with Gasteiger partial charge in [0.1, 0.15) is 0 Å². The number of aromatic nitrogens is 1. The normalized spacial score (nSPS) is 12.5. The highest BCUT2D eigenvalue weighted by molar-refractivity contribution is 5.84. The zero-order valence-corrected chi connectivity index (χ0v) is 16.4. The predicted molar refractivity (Wildman–Crippen MR) is 111 cm³/mol. The van der Waals surface area contributed by atoms with Crippen molar-refractivity contribution in [3.05, 3.63) is 107 Å². The Kier molecular flexibility index (Phi) is 5.96. The second-order valence-corrected chi connectivity index (χ2v) is 6.85. The van der Waals surface area contributed by atoms with E-state index in [1.807, 2.05) is 50.2 Å². The molecule has 3 rings (SSSR count). The highest BCUT2D eigenvalue weighted by atomic mass is 19.4. The van der Waals surface area contributed by atoms with Crippen LogP contribution in [0, 0.1) is 13.8 Å². The van der Waals surface area contributed by atoms with Crippen LogP contribution in [0.25, 0.3) is 11.3 Å². The summed E-state index contributed by atoms with van der Waals surface area (Å²) in [5, 5.41) is 8.84. The summed E-state index contributed by atoms with van der Waals surface area (Å²) >= 11 is 0. The fraction of sp³-hybridized carbons (Fsp3) is 0.125. The summed E-state index contributed by atoms with van der Waals surface area (Å²) in [6.07, 6.45) is -0.494. The summed E-state index contributed by atoms with van der Waals surface area (Å²) in [5.41, 5.74) is 4.34. The van der Waals surface area contributed by atoms with E-state index in [0.29, 0.717) is 11.1 Å². The van der Waals surface area contributed by atoms with Crippen LogP contribution in [0.5, 0.6) is 0 Å². The van der Waals surface area contributed by atoms with Gasteiger partial charge in [-0.1, -0.05) is 36.4 Å². The van der Waals surface area contributed by atoms with Crippen molar-refractivity contribution >= 4 is 11.5 Å². The maximum Gasteiger partial charge on any atom is 0.416 e. The summed E-state index contributed by atoms with van der Waals surface area (Å²) in [7, 11) is 0. The zero-order chi connectivity index (χ0) is 21.9. The van der Waals surface area contributed by atoms with Crippen molar-refractivity contribution in [2.75, 3.05) is 0 Å². The summed E-state index contributed by atoms with van der Waals surface area (Å²) in [6.45, 7) is 4.01. The van der Waals surface area contributed by atoms with Crippen molar-refractivity contribution in [1.29, 1.82) is 0 Å². The molecule has 0 unspecified atom stereocenters. The molecule has 0 aliphatic rings. The molecule has 0 spiro atoms. The Morgan fingerprint density at radius 3 is 1.83 bits per heavy atom. The van der Waals surface area contributed by atoms with Gasteiger partial charge < -0.3 is 9.67 Å². The highest BCUT2D eigenvalue weighted by Gasteiger charge is 2.30. The largest absolute Gasteiger partial charge is 0.478 e. The van der Waals surface area contributed by atoms with E-state index < -0.39 is 17.7 Å². The van der Waals surface area contributed by atoms with Gasteiger partial charge >= 0.3 is 12.1 Å². The Bertz CT molecular complexity index is 1080. The summed E-state index contributed by atoms with van der Waals surface area (Å²) in [6, 6.07) is 16.4. The van der Waals surface area contributed by atoms with Crippen LogP contribution in [0.1, 0.15) is 28.1 Å². The molecule has 3 nitrogen and oxygen atoms in total. The van der Waals surface area contributed by atoms with Gasteiger partial charge in [-0.25, -0.2) is 4.79 Å². The van der Waals surface area contributed by atoms with Gasteiger partial charge in [0.25, 0.3) is 0 Å². The van der Waals surface area contributed by atoms with Gasteiger partial charge in [-0.3, -0.25) is 0 Å². The minimum atomic E-state index is -4.42. The number of aryl methyl sites for hydroxylation is 2. The van der Waals surface area contributed by atoms with E-state index in [2.05, 4.69) is 4.57 Å². The number of allylic oxidation sites excluding steroid dienone is 2. The Hall–Kier alpha value is -3.54. The lowest BCUT2D eigenvalue weighted by Crippen LogP contribution is -2.04. The lowest BCUT2D eigenvalue weighted by molar-refractivity contribution is -0.137. The Balaban J connectivity index is 2.02. The molecular formula is C24H20F3NO2. The SMILES string of the molecule is Cc1ccc(C)n1-c1ccc(/C(=C/C=C/C(=O)O)c2ccc(C(F)(F)F)cc2)cc1. The van der Waals surface area contributed by atoms with Gasteiger partial charge in [0.2, 0.25) is 0 Å². The molecule has 0 aliphatic heterocycles. The molecule has 1 aromatic heterocycles. The third-order valence-corrected chi connectivity index (χ3v) is 4.73. The molecule has 6 heteroatoms. The number of aliphatic carboxylic acids is 1. The monoisotopic (exact) mass is 411 g/mol. The highest BCUT2D eigenvalue weighted by Crippen LogP contribution is 2.32. The fourth-order valence-corrected chi connectivity index (χ4v) is 3.29. The first kappa shape index (κ1) is 21.2. The molecule has 1 heterocycles. The number of hydrogen-bond donors (Lipinski definition) is 1. The van der Waals surface area contributed by atoms with E-state index in [4.69, 9.17) is 5.11 Å². The van der Waals surface area contributed by atoms with Gasteiger partial charge in [-0.15, -0.1) is 0 Å². The zero-order valence-electron chi connectivity index (χ0n) is 16.4. The standard InChI is InChI=1S/C24H20F3NO2/c1-16-6-7-17(2)28(16)21-14-10-19(11-15-21)22(4-3-5-23(29)30)18-8-12-20(13-9-18)24(25,26)27/h3-15H,1-2H3,(H,29,30)/b5-3+,22-4+. The van der Waals surface area contributed by atoms with E-state index >= 15 is 0 Å². The maximum atomic E-state index is 12.9. The minimum Gasteiger partial charge on any atom is -0.478 e. The number of alkyl halides is 3. The molecular weight excluding hydrogens is 391 g/mol. The number of nitrogens with zero attached hydrogens (tertiary/aromatic N) is 1. The molecule has 0 amide bonds. The predicted octanol–water partition coefficient (Wildman–Crippen LogP) is 6.19. The lowest BCUT2D eigenvalue weighted by Gasteiger charge is -2.13. The summed E-state index contributed by atoms with van der Waals surface area (Å²) in [5.74, 6) is -1.10. The first-order valence-electron chi connectivity index (χ1n) is 9.21. The number of carboxylic acid groups (broad SMARTS) is 1. The van der Waals surface area contributed by atoms with Crippen molar-refractivity contribution in [1.82, 2.24) is 4.57 Å². The second-order valence-electron chi connectivity index (χ2n) is 6.85. The molecule has 154 valence electrons. The van der Waals surface area contributed by atoms with Gasteiger partial charge in [0, 0.05) is 23.2 Å². The molecule has 0 fully saturated rings. The number of carboxylic acids is 1. The number of hydrogen-bond acceptors (Lipinski definition) is 1. The maximum absolute atomic E-state index is 12.9. The van der Waals surface area contributed by atoms with Gasteiger partial charge in [-0.05, 0) is 66.9 Å². The van der Waals surface area contributed by atoms with Gasteiger partial charge in [-0.2, -0.15) is 13.2 Å². The molecule has 30 heavy (non-hydrogen) atoms. The molecule has 2 aromatic carbocycles. The third kappa shape index (κ3) is 4.71. The molecule has 0 radical (unpaired) electrons. The van der Waals surface area contributed by atoms with E-state index in [1.54, 1.807) is 6.08 Å². The van der Waals surface area contributed by atoms with E-state index in [-0.39, 0.29) is 0 Å². The molecule has 0 atom stereocenters. The van der Waals surface area contributed by atoms with Crippen LogP contribution in [0.2, 0.25) is 0 Å². The first-order valence-corrected chi connectivity index (χ1v) is 9.21. The van der Waals surface area contributed by atoms with Crippen molar-refractivity contribution in [2.24, 2.45) is 0 Å². The van der Waals surface area contributed by atoms with Crippen LogP contribution in [0.15, 0.2) is 78.9 Å². The smallest absolute Gasteiger partial charge is 0.416 e. The number of carbonyl (C=O) groups is 1. The molecule has 0 bridgehead atoms. The van der Waals surface area contributed by atoms with Crippen LogP contribution in [-0.4, -0.2) is 15.6 Å². The van der Waals surface area contributed by atoms with Crippen LogP contribution < -0.4 is 0 Å². The Morgan fingerprint density at radius 2 is 1.37 bits per heavy atom. The quantitative estimate of drug-likeness (QED) is 0.402. The molecule has 3 aromatic rings. The second kappa shape index (κ2) is 8.45. The summed E-state index contributed by atoms with van der Waals surface area (Å²) in [4.78, 5) is 10.8. The first-order chi connectivity index (χ1) is 14.2. The van der Waals surface area contributed by atoms with E-state index in [1.165, 1.54) is 18.2 Å². The Labute approximate surface area is 172 Å². The van der Waals surface area contributed by atoms with Crippen LogP contribution >= 0.6 is 0 Å². The van der Waals surface area contributed by atoms with Crippen LogP contribution in [-0.2, 0) is 11.0 Å². The fourth-order valence-electron chi connectivity index (χ4n) is 3.29. The van der Waals surface area contributed by atoms with Crippen LogP contribution in [0.4, 0.5) is 13.2 Å². The minimum absolute atomic E-state index is 0.555. The number of benzene rings is 2. The molecule has 0 aliphatic carbocycles. The molecule has 0 saturated heterocycles. The van der Waals surface area contributed by atoms with Crippen molar-refractivity contribution in [3.63, 3.8) is 0 Å². The summed E-state index contributed by atoms with van der Waals surface area (Å²) < 4.78 is 40.8.